The first-order valence-corrected chi connectivity index (χ1v) is 6.92. The molecule has 5 heteroatoms. The lowest BCUT2D eigenvalue weighted by atomic mass is 10.1. The minimum atomic E-state index is 0.632. The van der Waals surface area contributed by atoms with E-state index >= 15 is 0 Å². The molecule has 0 amide bonds. The van der Waals surface area contributed by atoms with Gasteiger partial charge in [-0.15, -0.1) is 0 Å². The number of nitrogens with zero attached hydrogens (tertiary/aromatic N) is 3. The zero-order chi connectivity index (χ0) is 15.2. The van der Waals surface area contributed by atoms with Crippen molar-refractivity contribution < 1.29 is 4.74 Å². The van der Waals surface area contributed by atoms with Crippen molar-refractivity contribution in [2.75, 3.05) is 20.3 Å². The molecular weight excluding hydrogens is 264 g/mol. The van der Waals surface area contributed by atoms with Crippen molar-refractivity contribution in [3.63, 3.8) is 0 Å². The van der Waals surface area contributed by atoms with E-state index in [1.54, 1.807) is 7.11 Å². The van der Waals surface area contributed by atoms with E-state index in [0.717, 1.165) is 35.7 Å². The molecule has 0 spiro atoms. The van der Waals surface area contributed by atoms with Crippen LogP contribution in [0.4, 0.5) is 0 Å². The number of methoxy groups -OCH3 is 1. The molecule has 0 aliphatic heterocycles. The fraction of sp³-hybridized carbons (Fsp3) is 0.375. The third kappa shape index (κ3) is 3.69. The Morgan fingerprint density at radius 2 is 2.14 bits per heavy atom. The number of benzene rings is 1. The first-order chi connectivity index (χ1) is 10.2. The maximum absolute atomic E-state index is 9.38. The number of aromatic nitrogens is 2. The maximum atomic E-state index is 9.38. The van der Waals surface area contributed by atoms with Gasteiger partial charge in [-0.3, -0.25) is 0 Å². The van der Waals surface area contributed by atoms with Gasteiger partial charge in [0.15, 0.2) is 0 Å². The Hall–Kier alpha value is -2.16. The van der Waals surface area contributed by atoms with Crippen LogP contribution in [-0.4, -0.2) is 30.0 Å². The minimum Gasteiger partial charge on any atom is -0.383 e. The Morgan fingerprint density at radius 1 is 1.33 bits per heavy atom. The molecule has 21 heavy (non-hydrogen) atoms. The molecule has 0 unspecified atom stereocenters. The van der Waals surface area contributed by atoms with Crippen LogP contribution in [0.5, 0.6) is 0 Å². The van der Waals surface area contributed by atoms with Gasteiger partial charge in [0.1, 0.15) is 6.07 Å². The molecule has 0 saturated heterocycles. The van der Waals surface area contributed by atoms with E-state index in [1.165, 1.54) is 0 Å². The molecule has 0 radical (unpaired) electrons. The summed E-state index contributed by atoms with van der Waals surface area (Å²) >= 11 is 0. The average molecular weight is 284 g/mol. The summed E-state index contributed by atoms with van der Waals surface area (Å²) in [6, 6.07) is 10.1. The molecule has 110 valence electrons. The largest absolute Gasteiger partial charge is 0.383 e. The van der Waals surface area contributed by atoms with Gasteiger partial charge in [-0.1, -0.05) is 6.07 Å². The number of nitrogens with one attached hydrogen (secondary N) is 1. The van der Waals surface area contributed by atoms with Crippen molar-refractivity contribution >= 4 is 0 Å². The van der Waals surface area contributed by atoms with Crippen molar-refractivity contribution in [2.24, 2.45) is 0 Å². The van der Waals surface area contributed by atoms with E-state index in [0.29, 0.717) is 12.2 Å². The van der Waals surface area contributed by atoms with Crippen molar-refractivity contribution in [1.82, 2.24) is 15.1 Å². The summed E-state index contributed by atoms with van der Waals surface area (Å²) < 4.78 is 6.81. The summed E-state index contributed by atoms with van der Waals surface area (Å²) in [6.07, 6.45) is 0. The van der Waals surface area contributed by atoms with Crippen LogP contribution in [0.2, 0.25) is 0 Å². The van der Waals surface area contributed by atoms with Gasteiger partial charge in [0.05, 0.1) is 23.6 Å². The summed E-state index contributed by atoms with van der Waals surface area (Å²) in [5.41, 5.74) is 4.50. The summed E-state index contributed by atoms with van der Waals surface area (Å²) in [5.74, 6) is 0. The number of hydrogen-bond acceptors (Lipinski definition) is 4. The Kier molecular flexibility index (Phi) is 5.09. The molecule has 1 heterocycles. The SMILES string of the molecule is COCCNCc1ccc(-n2nc(C)cc2C)c(C#N)c1. The Labute approximate surface area is 125 Å². The van der Waals surface area contributed by atoms with Gasteiger partial charge in [0.25, 0.3) is 0 Å². The van der Waals surface area contributed by atoms with Crippen LogP contribution in [0.1, 0.15) is 22.5 Å². The molecule has 2 aromatic rings. The predicted molar refractivity (Wildman–Crippen MR) is 81.3 cm³/mol. The fourth-order valence-electron chi connectivity index (χ4n) is 2.25. The van der Waals surface area contributed by atoms with E-state index in [9.17, 15) is 5.26 Å². The van der Waals surface area contributed by atoms with Crippen molar-refractivity contribution in [2.45, 2.75) is 20.4 Å². The average Bonchev–Trinajstić information content (AvgIpc) is 2.82. The molecule has 0 bridgehead atoms. The van der Waals surface area contributed by atoms with Crippen LogP contribution in [0.3, 0.4) is 0 Å². The number of rotatable bonds is 6. The fourth-order valence-corrected chi connectivity index (χ4v) is 2.25. The third-order valence-electron chi connectivity index (χ3n) is 3.23. The van der Waals surface area contributed by atoms with E-state index in [-0.39, 0.29) is 0 Å². The standard InChI is InChI=1S/C16H20N4O/c1-12-8-13(2)20(19-12)16-5-4-14(9-15(16)10-17)11-18-6-7-21-3/h4-5,8-9,18H,6-7,11H2,1-3H3. The second kappa shape index (κ2) is 7.02. The second-order valence-electron chi connectivity index (χ2n) is 4.97. The topological polar surface area (TPSA) is 62.9 Å². The Balaban J connectivity index is 2.21. The quantitative estimate of drug-likeness (QED) is 0.825. The summed E-state index contributed by atoms with van der Waals surface area (Å²) in [4.78, 5) is 0. The Morgan fingerprint density at radius 3 is 2.76 bits per heavy atom. The molecule has 2 rings (SSSR count). The van der Waals surface area contributed by atoms with Crippen molar-refractivity contribution in [3.8, 4) is 11.8 Å². The lowest BCUT2D eigenvalue weighted by Crippen LogP contribution is -2.18. The molecule has 0 aliphatic carbocycles. The maximum Gasteiger partial charge on any atom is 0.101 e. The molecule has 5 nitrogen and oxygen atoms in total. The summed E-state index contributed by atoms with van der Waals surface area (Å²) in [5, 5.41) is 17.1. The molecule has 0 fully saturated rings. The highest BCUT2D eigenvalue weighted by Crippen LogP contribution is 2.18. The number of ether oxygens (including phenoxy) is 1. The predicted octanol–water partition coefficient (Wildman–Crippen LogP) is 2.10. The molecule has 1 aromatic heterocycles. The third-order valence-corrected chi connectivity index (χ3v) is 3.23. The molecule has 0 saturated carbocycles. The zero-order valence-electron chi connectivity index (χ0n) is 12.7. The number of aryl methyl sites for hydroxylation is 2. The normalized spacial score (nSPS) is 10.6. The lowest BCUT2D eigenvalue weighted by molar-refractivity contribution is 0.199. The monoisotopic (exact) mass is 284 g/mol. The van der Waals surface area contributed by atoms with Crippen LogP contribution in [0.25, 0.3) is 5.69 Å². The van der Waals surface area contributed by atoms with E-state index in [2.05, 4.69) is 16.5 Å². The smallest absolute Gasteiger partial charge is 0.101 e. The van der Waals surface area contributed by atoms with Gasteiger partial charge in [0, 0.05) is 25.9 Å². The molecular formula is C16H20N4O. The van der Waals surface area contributed by atoms with Gasteiger partial charge >= 0.3 is 0 Å². The van der Waals surface area contributed by atoms with Gasteiger partial charge < -0.3 is 10.1 Å². The Bertz CT molecular complexity index is 655. The highest BCUT2D eigenvalue weighted by Gasteiger charge is 2.09. The first kappa shape index (κ1) is 15.2. The van der Waals surface area contributed by atoms with Crippen LogP contribution in [0, 0.1) is 25.2 Å². The van der Waals surface area contributed by atoms with Crippen LogP contribution >= 0.6 is 0 Å². The minimum absolute atomic E-state index is 0.632. The van der Waals surface area contributed by atoms with E-state index < -0.39 is 0 Å². The number of nitriles is 1. The van der Waals surface area contributed by atoms with Gasteiger partial charge in [-0.05, 0) is 37.6 Å². The van der Waals surface area contributed by atoms with Gasteiger partial charge in [-0.25, -0.2) is 4.68 Å². The molecule has 0 aliphatic rings. The van der Waals surface area contributed by atoms with Crippen LogP contribution in [-0.2, 0) is 11.3 Å². The molecule has 0 atom stereocenters. The van der Waals surface area contributed by atoms with E-state index in [4.69, 9.17) is 4.74 Å². The van der Waals surface area contributed by atoms with Crippen molar-refractivity contribution in [1.29, 1.82) is 5.26 Å². The van der Waals surface area contributed by atoms with Gasteiger partial charge in [0.2, 0.25) is 0 Å². The lowest BCUT2D eigenvalue weighted by Gasteiger charge is -2.09. The summed E-state index contributed by atoms with van der Waals surface area (Å²) in [6.45, 7) is 6.12. The molecule has 1 aromatic carbocycles. The number of hydrogen-bond donors (Lipinski definition) is 1. The van der Waals surface area contributed by atoms with Crippen LogP contribution in [0.15, 0.2) is 24.3 Å². The van der Waals surface area contributed by atoms with Crippen LogP contribution < -0.4 is 5.32 Å². The molecule has 1 N–H and O–H groups in total. The highest BCUT2D eigenvalue weighted by atomic mass is 16.5. The van der Waals surface area contributed by atoms with E-state index in [1.807, 2.05) is 42.8 Å². The second-order valence-corrected chi connectivity index (χ2v) is 4.97. The van der Waals surface area contributed by atoms with Gasteiger partial charge in [-0.2, -0.15) is 10.4 Å². The first-order valence-electron chi connectivity index (χ1n) is 6.92. The summed E-state index contributed by atoms with van der Waals surface area (Å²) in [7, 11) is 1.68. The van der Waals surface area contributed by atoms with Crippen molar-refractivity contribution in [3.05, 3.63) is 46.8 Å². The highest BCUT2D eigenvalue weighted by molar-refractivity contribution is 5.51. The zero-order valence-corrected chi connectivity index (χ0v) is 12.7.